The summed E-state index contributed by atoms with van der Waals surface area (Å²) >= 11 is 0. The van der Waals surface area contributed by atoms with Crippen LogP contribution >= 0.6 is 0 Å². The summed E-state index contributed by atoms with van der Waals surface area (Å²) in [6.45, 7) is 4.25. The van der Waals surface area contributed by atoms with Crippen LogP contribution in [0.4, 0.5) is 4.39 Å². The Morgan fingerprint density at radius 3 is 2.66 bits per heavy atom. The number of halogens is 1. The van der Waals surface area contributed by atoms with Gasteiger partial charge in [-0.15, -0.1) is 0 Å². The lowest BCUT2D eigenvalue weighted by atomic mass is 9.86. The van der Waals surface area contributed by atoms with Gasteiger partial charge in [-0.25, -0.2) is 4.39 Å². The lowest BCUT2D eigenvalue weighted by Gasteiger charge is -2.42. The topological polar surface area (TPSA) is 95.3 Å². The Balaban J connectivity index is 1.20. The van der Waals surface area contributed by atoms with Gasteiger partial charge in [0.25, 0.3) is 0 Å². The average molecular weight is 599 g/mol. The normalized spacial score (nSPS) is 20.7. The monoisotopic (exact) mass is 598 g/mol. The maximum atomic E-state index is 15.0. The first-order chi connectivity index (χ1) is 21.3. The molecule has 230 valence electrons. The number of Topliss-reactive ketones (excluding diaryl/α,β-unsaturated/α-hetero) is 1. The lowest BCUT2D eigenvalue weighted by molar-refractivity contribution is -0.141. The third-order valence-corrected chi connectivity index (χ3v) is 9.24. The van der Waals surface area contributed by atoms with Gasteiger partial charge < -0.3 is 14.7 Å². The van der Waals surface area contributed by atoms with Gasteiger partial charge in [0.05, 0.1) is 31.5 Å². The minimum absolute atomic E-state index is 0.00812. The molecule has 0 spiro atoms. The fourth-order valence-corrected chi connectivity index (χ4v) is 6.81. The van der Waals surface area contributed by atoms with Gasteiger partial charge in [-0.1, -0.05) is 18.2 Å². The number of ketones is 1. The maximum Gasteiger partial charge on any atom is 0.239 e. The van der Waals surface area contributed by atoms with E-state index in [2.05, 4.69) is 4.98 Å². The number of hydrogen-bond acceptors (Lipinski definition) is 7. The van der Waals surface area contributed by atoms with Crippen molar-refractivity contribution < 1.29 is 23.8 Å². The number of aliphatic hydroxyl groups excluding tert-OH is 1. The van der Waals surface area contributed by atoms with E-state index in [0.717, 1.165) is 34.5 Å². The number of piperidine rings is 2. The van der Waals surface area contributed by atoms with Crippen molar-refractivity contribution in [2.75, 3.05) is 26.7 Å². The Bertz CT molecular complexity index is 1580. The molecule has 4 heterocycles. The molecule has 2 atom stereocenters. The average Bonchev–Trinajstić information content (AvgIpc) is 3.46. The summed E-state index contributed by atoms with van der Waals surface area (Å²) in [5.41, 5.74) is 5.93. The second-order valence-electron chi connectivity index (χ2n) is 12.2. The predicted octanol–water partition coefficient (Wildman–Crippen LogP) is 4.73. The second-order valence-corrected chi connectivity index (χ2v) is 12.2. The van der Waals surface area contributed by atoms with Gasteiger partial charge in [0.15, 0.2) is 5.78 Å². The molecule has 44 heavy (non-hydrogen) atoms. The van der Waals surface area contributed by atoms with Crippen molar-refractivity contribution in [1.82, 2.24) is 14.8 Å². The Kier molecular flexibility index (Phi) is 8.86. The zero-order valence-electron chi connectivity index (χ0n) is 25.3. The fraction of sp³-hybridized carbons (Fsp3) is 0.429. The summed E-state index contributed by atoms with van der Waals surface area (Å²) in [5, 5.41) is 9.96. The highest BCUT2D eigenvalue weighted by atomic mass is 19.1. The van der Waals surface area contributed by atoms with Gasteiger partial charge in [-0.3, -0.25) is 24.5 Å². The van der Waals surface area contributed by atoms with Gasteiger partial charge in [0.1, 0.15) is 11.6 Å². The molecule has 9 heteroatoms. The van der Waals surface area contributed by atoms with Crippen LogP contribution in [-0.2, 0) is 17.9 Å². The zero-order valence-corrected chi connectivity index (χ0v) is 25.3. The van der Waals surface area contributed by atoms with Crippen LogP contribution in [0.3, 0.4) is 0 Å². The van der Waals surface area contributed by atoms with E-state index < -0.39 is 6.04 Å². The third-order valence-electron chi connectivity index (χ3n) is 9.24. The molecule has 2 fully saturated rings. The fourth-order valence-electron chi connectivity index (χ4n) is 6.81. The number of aliphatic imine (C=N–C) groups is 1. The standard InChI is InChI=1S/C35H39FN4O4/c1-22-16-25(10-13-37-22)34-28-18-24(7-8-26(28)19-38-34)32(42)17-23-6-9-31(35(43)39-14-11-27(41)12-15-39)40(20-23)21-29-30(36)4-3-5-33(29)44-2/h3-5,7-8,10,13,16,18,23,27,31,41H,6,9,11-12,14-15,17,19-21H2,1-2H3/t23-,31-/m0/s1. The first-order valence-electron chi connectivity index (χ1n) is 15.5. The number of amides is 1. The van der Waals surface area contributed by atoms with Gasteiger partial charge in [0.2, 0.25) is 5.91 Å². The quantitative estimate of drug-likeness (QED) is 0.377. The van der Waals surface area contributed by atoms with Gasteiger partial charge in [-0.2, -0.15) is 0 Å². The maximum absolute atomic E-state index is 15.0. The summed E-state index contributed by atoms with van der Waals surface area (Å²) < 4.78 is 20.5. The molecule has 2 aromatic carbocycles. The van der Waals surface area contributed by atoms with Gasteiger partial charge in [-0.05, 0) is 74.4 Å². The summed E-state index contributed by atoms with van der Waals surface area (Å²) in [5.74, 6) is 0.129. The molecule has 1 aromatic heterocycles. The Morgan fingerprint density at radius 2 is 1.89 bits per heavy atom. The first kappa shape index (κ1) is 30.1. The van der Waals surface area contributed by atoms with E-state index in [1.54, 1.807) is 18.3 Å². The summed E-state index contributed by atoms with van der Waals surface area (Å²) in [6, 6.07) is 14.1. The van der Waals surface area contributed by atoms with E-state index in [9.17, 15) is 14.7 Å². The van der Waals surface area contributed by atoms with Crippen molar-refractivity contribution in [2.24, 2.45) is 10.9 Å². The Labute approximate surface area is 257 Å². The number of rotatable bonds is 8. The van der Waals surface area contributed by atoms with E-state index in [1.165, 1.54) is 13.2 Å². The van der Waals surface area contributed by atoms with Gasteiger partial charge in [0, 0.05) is 66.7 Å². The number of methoxy groups -OCH3 is 1. The third kappa shape index (κ3) is 6.30. The van der Waals surface area contributed by atoms with Crippen molar-refractivity contribution in [1.29, 1.82) is 0 Å². The number of benzene rings is 2. The molecule has 0 unspecified atom stereocenters. The highest BCUT2D eigenvalue weighted by Gasteiger charge is 2.38. The molecule has 0 bridgehead atoms. The predicted molar refractivity (Wildman–Crippen MR) is 165 cm³/mol. The van der Waals surface area contributed by atoms with Crippen molar-refractivity contribution in [3.05, 3.63) is 94.1 Å². The van der Waals surface area contributed by atoms with Crippen LogP contribution in [0.15, 0.2) is 59.7 Å². The molecule has 6 rings (SSSR count). The molecule has 3 aliphatic heterocycles. The van der Waals surface area contributed by atoms with Crippen molar-refractivity contribution in [3.63, 3.8) is 0 Å². The number of likely N-dealkylation sites (tertiary alicyclic amines) is 2. The number of hydrogen-bond donors (Lipinski definition) is 1. The van der Waals surface area contributed by atoms with E-state index in [-0.39, 0.29) is 36.1 Å². The molecular formula is C35H39FN4O4. The number of aryl methyl sites for hydroxylation is 1. The van der Waals surface area contributed by atoms with E-state index >= 15 is 4.39 Å². The second kappa shape index (κ2) is 13.0. The molecule has 8 nitrogen and oxygen atoms in total. The van der Waals surface area contributed by atoms with E-state index in [0.29, 0.717) is 68.7 Å². The van der Waals surface area contributed by atoms with E-state index in [4.69, 9.17) is 9.73 Å². The van der Waals surface area contributed by atoms with Crippen LogP contribution in [0.2, 0.25) is 0 Å². The smallest absolute Gasteiger partial charge is 0.239 e. The SMILES string of the molecule is COc1cccc(F)c1CN1C[C@H](CC(=O)c2ccc3c(c2)C(c2ccnc(C)c2)=NC3)CC[C@H]1C(=O)N1CCC(O)CC1. The molecule has 0 aliphatic carbocycles. The molecule has 1 N–H and O–H groups in total. The van der Waals surface area contributed by atoms with E-state index in [1.807, 2.05) is 47.1 Å². The molecule has 0 saturated carbocycles. The number of pyridine rings is 1. The molecule has 1 amide bonds. The summed E-state index contributed by atoms with van der Waals surface area (Å²) in [6.07, 6.45) is 4.15. The molecule has 3 aromatic rings. The number of aliphatic hydroxyl groups is 1. The van der Waals surface area contributed by atoms with Crippen LogP contribution in [0.1, 0.15) is 70.4 Å². The molecular weight excluding hydrogens is 559 g/mol. The van der Waals surface area contributed by atoms with Gasteiger partial charge >= 0.3 is 0 Å². The largest absolute Gasteiger partial charge is 0.496 e. The minimum atomic E-state index is -0.427. The number of ether oxygens (including phenoxy) is 1. The van der Waals surface area contributed by atoms with Crippen molar-refractivity contribution in [2.45, 2.75) is 64.3 Å². The Morgan fingerprint density at radius 1 is 1.07 bits per heavy atom. The number of aromatic nitrogens is 1. The van der Waals surface area contributed by atoms with Crippen molar-refractivity contribution in [3.8, 4) is 5.75 Å². The van der Waals surface area contributed by atoms with Crippen molar-refractivity contribution >= 4 is 17.4 Å². The molecule has 0 radical (unpaired) electrons. The minimum Gasteiger partial charge on any atom is -0.496 e. The van der Waals surface area contributed by atoms with Crippen LogP contribution < -0.4 is 4.74 Å². The number of fused-ring (bicyclic) bond motifs is 1. The van der Waals surface area contributed by atoms with Crippen LogP contribution in [0.5, 0.6) is 5.75 Å². The number of nitrogens with zero attached hydrogens (tertiary/aromatic N) is 4. The van der Waals surface area contributed by atoms with Crippen LogP contribution in [0.25, 0.3) is 0 Å². The summed E-state index contributed by atoms with van der Waals surface area (Å²) in [4.78, 5) is 40.3. The molecule has 3 aliphatic rings. The van der Waals surface area contributed by atoms with Crippen LogP contribution in [0, 0.1) is 18.7 Å². The van der Waals surface area contributed by atoms with Crippen LogP contribution in [-0.4, -0.2) is 76.2 Å². The molecule has 2 saturated heterocycles. The number of carbonyl (C=O) groups is 2. The first-order valence-corrected chi connectivity index (χ1v) is 15.5. The highest BCUT2D eigenvalue weighted by Crippen LogP contribution is 2.32. The zero-order chi connectivity index (χ0) is 30.8. The highest BCUT2D eigenvalue weighted by molar-refractivity contribution is 6.16. The summed E-state index contributed by atoms with van der Waals surface area (Å²) in [7, 11) is 1.51. The lowest BCUT2D eigenvalue weighted by Crippen LogP contribution is -2.54. The number of carbonyl (C=O) groups excluding carboxylic acids is 2. The Hall–Kier alpha value is -3.95.